The minimum Gasteiger partial charge on any atom is -0.353 e. The molecule has 1 aromatic rings. The van der Waals surface area contributed by atoms with Gasteiger partial charge in [0.25, 0.3) is 0 Å². The van der Waals surface area contributed by atoms with Crippen LogP contribution in [0, 0.1) is 0 Å². The van der Waals surface area contributed by atoms with Crippen molar-refractivity contribution in [3.8, 4) is 0 Å². The molecule has 0 fully saturated rings. The topological polar surface area (TPSA) is 50.7 Å². The summed E-state index contributed by atoms with van der Waals surface area (Å²) in [5, 5.41) is 2.94. The monoisotopic (exact) mass is 226 g/mol. The van der Waals surface area contributed by atoms with Crippen LogP contribution in [0.15, 0.2) is 0 Å². The second-order valence-electron chi connectivity index (χ2n) is 1.81. The minimum atomic E-state index is 0.0621. The Labute approximate surface area is 84.3 Å². The first-order valence-corrected chi connectivity index (χ1v) is 4.38. The maximum Gasteiger partial charge on any atom is 0.228 e. The van der Waals surface area contributed by atoms with Gasteiger partial charge in [-0.1, -0.05) is 0 Å². The van der Waals surface area contributed by atoms with E-state index in [1.165, 1.54) is 0 Å². The third-order valence-corrected chi connectivity index (χ3v) is 1.49. The average molecular weight is 227 g/mol. The molecule has 0 aromatic carbocycles. The van der Waals surface area contributed by atoms with Gasteiger partial charge in [-0.15, -0.1) is 11.6 Å². The molecular formula is C5H5Cl3N4. The number of halogens is 3. The molecule has 0 saturated carbocycles. The Hall–Kier alpha value is -0.320. The Morgan fingerprint density at radius 3 is 2.17 bits per heavy atom. The highest BCUT2D eigenvalue weighted by Crippen LogP contribution is 2.08. The zero-order valence-corrected chi connectivity index (χ0v) is 8.16. The SMILES string of the molecule is ClCCNc1nc(Cl)nc(Cl)n1. The molecular weight excluding hydrogens is 222 g/mol. The van der Waals surface area contributed by atoms with Crippen molar-refractivity contribution >= 4 is 40.8 Å². The van der Waals surface area contributed by atoms with Crippen LogP contribution in [0.25, 0.3) is 0 Å². The predicted octanol–water partition coefficient (Wildman–Crippen LogP) is 1.83. The summed E-state index contributed by atoms with van der Waals surface area (Å²) >= 11 is 16.5. The average Bonchev–Trinajstić information content (AvgIpc) is 1.99. The molecule has 0 unspecified atom stereocenters. The largest absolute Gasteiger partial charge is 0.353 e. The lowest BCUT2D eigenvalue weighted by molar-refractivity contribution is 1.02. The summed E-state index contributed by atoms with van der Waals surface area (Å²) in [6, 6.07) is 0. The highest BCUT2D eigenvalue weighted by molar-refractivity contribution is 6.31. The lowest BCUT2D eigenvalue weighted by Crippen LogP contribution is -2.07. The van der Waals surface area contributed by atoms with Gasteiger partial charge in [0.15, 0.2) is 0 Å². The van der Waals surface area contributed by atoms with Crippen molar-refractivity contribution in [2.75, 3.05) is 17.7 Å². The van der Waals surface area contributed by atoms with Gasteiger partial charge in [0.1, 0.15) is 0 Å². The highest BCUT2D eigenvalue weighted by Gasteiger charge is 2.00. The summed E-state index contributed by atoms with van der Waals surface area (Å²) in [5.74, 6) is 0.793. The molecule has 0 bridgehead atoms. The summed E-state index contributed by atoms with van der Waals surface area (Å²) < 4.78 is 0. The van der Waals surface area contributed by atoms with Gasteiger partial charge in [0.2, 0.25) is 16.5 Å². The standard InChI is InChI=1S/C5H5Cl3N4/c6-1-2-9-5-11-3(7)10-4(8)12-5/h1-2H2,(H,9,10,11,12). The van der Waals surface area contributed by atoms with Gasteiger partial charge in [-0.3, -0.25) is 0 Å². The van der Waals surface area contributed by atoms with E-state index >= 15 is 0 Å². The molecule has 12 heavy (non-hydrogen) atoms. The molecule has 1 heterocycles. The zero-order valence-electron chi connectivity index (χ0n) is 5.89. The molecule has 1 aromatic heterocycles. The number of nitrogens with one attached hydrogen (secondary N) is 1. The van der Waals surface area contributed by atoms with E-state index in [9.17, 15) is 0 Å². The fourth-order valence-electron chi connectivity index (χ4n) is 0.564. The lowest BCUT2D eigenvalue weighted by Gasteiger charge is -2.01. The van der Waals surface area contributed by atoms with E-state index in [0.717, 1.165) is 0 Å². The molecule has 0 atom stereocenters. The number of hydrogen-bond acceptors (Lipinski definition) is 4. The Morgan fingerprint density at radius 1 is 1.08 bits per heavy atom. The van der Waals surface area contributed by atoms with Crippen molar-refractivity contribution in [3.05, 3.63) is 10.6 Å². The maximum atomic E-state index is 5.51. The lowest BCUT2D eigenvalue weighted by atomic mass is 10.7. The number of nitrogens with zero attached hydrogens (tertiary/aromatic N) is 3. The van der Waals surface area contributed by atoms with Crippen LogP contribution in [0.2, 0.25) is 10.6 Å². The molecule has 0 aliphatic rings. The van der Waals surface area contributed by atoms with Crippen LogP contribution in [-0.4, -0.2) is 27.4 Å². The van der Waals surface area contributed by atoms with Gasteiger partial charge in [-0.05, 0) is 23.2 Å². The van der Waals surface area contributed by atoms with Crippen molar-refractivity contribution < 1.29 is 0 Å². The third-order valence-electron chi connectivity index (χ3n) is 0.958. The smallest absolute Gasteiger partial charge is 0.228 e. The Morgan fingerprint density at radius 2 is 1.67 bits per heavy atom. The second kappa shape index (κ2) is 4.64. The number of rotatable bonds is 3. The number of hydrogen-bond donors (Lipinski definition) is 1. The van der Waals surface area contributed by atoms with Gasteiger partial charge in [-0.25, -0.2) is 0 Å². The van der Waals surface area contributed by atoms with Crippen LogP contribution >= 0.6 is 34.8 Å². The van der Waals surface area contributed by atoms with Gasteiger partial charge in [0, 0.05) is 12.4 Å². The van der Waals surface area contributed by atoms with E-state index in [1.54, 1.807) is 0 Å². The number of alkyl halides is 1. The molecule has 0 spiro atoms. The van der Waals surface area contributed by atoms with Crippen molar-refractivity contribution in [2.45, 2.75) is 0 Å². The van der Waals surface area contributed by atoms with Crippen molar-refractivity contribution in [1.29, 1.82) is 0 Å². The highest BCUT2D eigenvalue weighted by atomic mass is 35.5. The van der Waals surface area contributed by atoms with Gasteiger partial charge in [-0.2, -0.15) is 15.0 Å². The third kappa shape index (κ3) is 2.97. The van der Waals surface area contributed by atoms with Gasteiger partial charge < -0.3 is 5.32 Å². The molecule has 0 radical (unpaired) electrons. The normalized spacial score (nSPS) is 9.92. The minimum absolute atomic E-state index is 0.0621. The molecule has 4 nitrogen and oxygen atoms in total. The Kier molecular flexibility index (Phi) is 3.78. The Bertz CT molecular complexity index is 247. The van der Waals surface area contributed by atoms with Gasteiger partial charge >= 0.3 is 0 Å². The molecule has 0 aliphatic carbocycles. The predicted molar refractivity (Wildman–Crippen MR) is 49.1 cm³/mol. The van der Waals surface area contributed by atoms with E-state index in [-0.39, 0.29) is 10.6 Å². The van der Waals surface area contributed by atoms with E-state index in [0.29, 0.717) is 18.4 Å². The van der Waals surface area contributed by atoms with Crippen LogP contribution in [-0.2, 0) is 0 Å². The molecule has 66 valence electrons. The molecule has 1 rings (SSSR count). The Balaban J connectivity index is 2.72. The quantitative estimate of drug-likeness (QED) is 0.801. The van der Waals surface area contributed by atoms with Crippen molar-refractivity contribution in [1.82, 2.24) is 15.0 Å². The van der Waals surface area contributed by atoms with Crippen LogP contribution in [0.3, 0.4) is 0 Å². The van der Waals surface area contributed by atoms with Crippen LogP contribution < -0.4 is 5.32 Å². The summed E-state index contributed by atoms with van der Waals surface area (Å²) in [5.41, 5.74) is 0. The van der Waals surface area contributed by atoms with Crippen molar-refractivity contribution in [3.63, 3.8) is 0 Å². The summed E-state index contributed by atoms with van der Waals surface area (Å²) in [6.07, 6.45) is 0. The number of aromatic nitrogens is 3. The molecule has 0 amide bonds. The molecule has 0 aliphatic heterocycles. The van der Waals surface area contributed by atoms with E-state index < -0.39 is 0 Å². The van der Waals surface area contributed by atoms with E-state index in [4.69, 9.17) is 34.8 Å². The fraction of sp³-hybridized carbons (Fsp3) is 0.400. The van der Waals surface area contributed by atoms with E-state index in [1.807, 2.05) is 0 Å². The maximum absolute atomic E-state index is 5.51. The first kappa shape index (κ1) is 9.77. The summed E-state index contributed by atoms with van der Waals surface area (Å²) in [6.45, 7) is 0.554. The first-order chi connectivity index (χ1) is 5.72. The van der Waals surface area contributed by atoms with Gasteiger partial charge in [0.05, 0.1) is 0 Å². The molecule has 7 heteroatoms. The second-order valence-corrected chi connectivity index (χ2v) is 2.87. The fourth-order valence-corrected chi connectivity index (χ4v) is 1.02. The molecule has 1 N–H and O–H groups in total. The zero-order chi connectivity index (χ0) is 8.97. The molecule has 0 saturated heterocycles. The van der Waals surface area contributed by atoms with E-state index in [2.05, 4.69) is 20.3 Å². The summed E-state index contributed by atoms with van der Waals surface area (Å²) in [7, 11) is 0. The van der Waals surface area contributed by atoms with Crippen molar-refractivity contribution in [2.24, 2.45) is 0 Å². The number of anilines is 1. The summed E-state index contributed by atoms with van der Waals surface area (Å²) in [4.78, 5) is 11.1. The van der Waals surface area contributed by atoms with Crippen LogP contribution in [0.4, 0.5) is 5.95 Å². The van der Waals surface area contributed by atoms with Crippen LogP contribution in [0.1, 0.15) is 0 Å². The van der Waals surface area contributed by atoms with Crippen LogP contribution in [0.5, 0.6) is 0 Å². The first-order valence-electron chi connectivity index (χ1n) is 3.09.